The smallest absolute Gasteiger partial charge is 0.127 e. The average molecular weight is 965 g/mol. The van der Waals surface area contributed by atoms with Crippen LogP contribution in [0.25, 0.3) is 44.5 Å². The first-order valence-electron chi connectivity index (χ1n) is 26.5. The van der Waals surface area contributed by atoms with Gasteiger partial charge in [-0.3, -0.25) is 0 Å². The zero-order chi connectivity index (χ0) is 50.7. The summed E-state index contributed by atoms with van der Waals surface area (Å²) in [6, 6.07) is 100. The van der Waals surface area contributed by atoms with Gasteiger partial charge in [0.2, 0.25) is 0 Å². The Labute approximate surface area is 443 Å². The highest BCUT2D eigenvalue weighted by atomic mass is 16.5. The van der Waals surface area contributed by atoms with Gasteiger partial charge < -0.3 is 4.74 Å². The molecule has 0 aromatic heterocycles. The van der Waals surface area contributed by atoms with E-state index >= 15 is 0 Å². The molecule has 0 radical (unpaired) electrons. The van der Waals surface area contributed by atoms with Crippen LogP contribution >= 0.6 is 0 Å². The normalized spacial score (nSPS) is 13.9. The summed E-state index contributed by atoms with van der Waals surface area (Å²) >= 11 is 0. The third-order valence-corrected chi connectivity index (χ3v) is 15.3. The minimum absolute atomic E-state index is 0.00593. The molecule has 362 valence electrons. The van der Waals surface area contributed by atoms with E-state index in [4.69, 9.17) is 4.74 Å². The Morgan fingerprint density at radius 1 is 0.320 bits per heavy atom. The topological polar surface area (TPSA) is 9.23 Å². The standard InChI is InChI=1S/C74H60O/c1-74(2,3)58-34-22-33-57(48-58)73-69-41-20-16-37-64(69)63-36-15-18-39-67(63)72(54-29-11-6-12-30-54)68-40-19-17-38-65(68)66-45-44-60(50-71(66)73)75-59-35-21-24-51(47-59)46-55-31-13-14-32-56(55)49-70-61(52-25-7-4-8-26-52)42-23-43-62(70)53-27-9-5-10-28-53/h4-45,47-48,50,72-73H,46,49H2,1-3H3. The summed E-state index contributed by atoms with van der Waals surface area (Å²) in [5, 5.41) is 0. The van der Waals surface area contributed by atoms with E-state index < -0.39 is 0 Å². The lowest BCUT2D eigenvalue weighted by molar-refractivity contribution is 0.481. The fourth-order valence-electron chi connectivity index (χ4n) is 11.7. The number of ether oxygens (including phenoxy) is 1. The number of rotatable bonds is 10. The predicted molar refractivity (Wildman–Crippen MR) is 313 cm³/mol. The lowest BCUT2D eigenvalue weighted by Crippen LogP contribution is -2.15. The molecule has 1 heteroatoms. The molecule has 2 unspecified atom stereocenters. The van der Waals surface area contributed by atoms with Crippen LogP contribution in [0.5, 0.6) is 11.5 Å². The minimum atomic E-state index is -0.117. The Morgan fingerprint density at radius 3 is 1.35 bits per heavy atom. The lowest BCUT2D eigenvalue weighted by atomic mass is 9.72. The molecule has 0 aliphatic heterocycles. The molecule has 0 spiro atoms. The monoisotopic (exact) mass is 964 g/mol. The Hall–Kier alpha value is -8.78. The lowest BCUT2D eigenvalue weighted by Gasteiger charge is -2.31. The van der Waals surface area contributed by atoms with Gasteiger partial charge in [0, 0.05) is 11.8 Å². The zero-order valence-corrected chi connectivity index (χ0v) is 43.0. The van der Waals surface area contributed by atoms with Crippen LogP contribution in [0.3, 0.4) is 0 Å². The van der Waals surface area contributed by atoms with Gasteiger partial charge >= 0.3 is 0 Å². The van der Waals surface area contributed by atoms with E-state index in [1.807, 2.05) is 0 Å². The maximum Gasteiger partial charge on any atom is 0.127 e. The summed E-state index contributed by atoms with van der Waals surface area (Å²) in [6.07, 6.45) is 1.58. The van der Waals surface area contributed by atoms with Crippen molar-refractivity contribution in [3.05, 3.63) is 334 Å². The Bertz CT molecular complexity index is 3730. The first-order chi connectivity index (χ1) is 36.8. The van der Waals surface area contributed by atoms with E-state index in [0.717, 1.165) is 24.3 Å². The van der Waals surface area contributed by atoms with E-state index in [2.05, 4.69) is 294 Å². The van der Waals surface area contributed by atoms with Gasteiger partial charge in [-0.1, -0.05) is 269 Å². The van der Waals surface area contributed by atoms with Crippen molar-refractivity contribution < 1.29 is 4.74 Å². The van der Waals surface area contributed by atoms with Crippen LogP contribution in [0.1, 0.15) is 93.8 Å². The van der Waals surface area contributed by atoms with E-state index in [9.17, 15) is 0 Å². The summed E-state index contributed by atoms with van der Waals surface area (Å²) in [6.45, 7) is 6.93. The summed E-state index contributed by atoms with van der Waals surface area (Å²) in [7, 11) is 0. The summed E-state index contributed by atoms with van der Waals surface area (Å²) in [5.74, 6) is 1.50. The van der Waals surface area contributed by atoms with Crippen molar-refractivity contribution in [1.82, 2.24) is 0 Å². The van der Waals surface area contributed by atoms with Gasteiger partial charge in [0.15, 0.2) is 0 Å². The maximum absolute atomic E-state index is 7.09. The van der Waals surface area contributed by atoms with Crippen LogP contribution in [0.2, 0.25) is 0 Å². The van der Waals surface area contributed by atoms with Crippen molar-refractivity contribution in [2.45, 2.75) is 50.9 Å². The SMILES string of the molecule is CC(C)(C)c1cccc(C2c3ccccc3-c3ccccc3C(c3ccccc3)c3ccccc3-c3ccc(Oc4cccc(Cc5ccccc5Cc5c(-c6ccccc6)cccc5-c5ccccc5)c4)cc32)c1. The Balaban J connectivity index is 0.964. The second-order valence-electron chi connectivity index (χ2n) is 21.1. The fourth-order valence-corrected chi connectivity index (χ4v) is 11.7. The summed E-state index contributed by atoms with van der Waals surface area (Å²) < 4.78 is 7.09. The molecule has 75 heavy (non-hydrogen) atoms. The number of fused-ring (bicyclic) bond motifs is 6. The van der Waals surface area contributed by atoms with Crippen LogP contribution in [0, 0.1) is 0 Å². The molecule has 1 aliphatic rings. The van der Waals surface area contributed by atoms with Crippen LogP contribution in [0.15, 0.2) is 273 Å². The first kappa shape index (κ1) is 47.2. The van der Waals surface area contributed by atoms with Crippen molar-refractivity contribution in [3.8, 4) is 56.0 Å². The molecule has 0 saturated carbocycles. The van der Waals surface area contributed by atoms with Gasteiger partial charge in [0.05, 0.1) is 0 Å². The number of benzene rings is 11. The number of hydrogen-bond acceptors (Lipinski definition) is 1. The molecular weight excluding hydrogens is 905 g/mol. The molecule has 0 bridgehead atoms. The van der Waals surface area contributed by atoms with Crippen LogP contribution in [-0.2, 0) is 18.3 Å². The highest BCUT2D eigenvalue weighted by Crippen LogP contribution is 2.50. The highest BCUT2D eigenvalue weighted by Gasteiger charge is 2.31. The van der Waals surface area contributed by atoms with Gasteiger partial charge in [0.25, 0.3) is 0 Å². The molecule has 1 aliphatic carbocycles. The molecule has 1 nitrogen and oxygen atoms in total. The number of hydrogen-bond donors (Lipinski definition) is 0. The van der Waals surface area contributed by atoms with E-state index in [-0.39, 0.29) is 17.3 Å². The fraction of sp³-hybridized carbons (Fsp3) is 0.108. The zero-order valence-electron chi connectivity index (χ0n) is 43.0. The average Bonchev–Trinajstić information content (AvgIpc) is 3.45. The second kappa shape index (κ2) is 20.6. The molecule has 0 fully saturated rings. The summed E-state index contributed by atoms with van der Waals surface area (Å²) in [4.78, 5) is 0. The van der Waals surface area contributed by atoms with Gasteiger partial charge in [-0.25, -0.2) is 0 Å². The molecule has 0 saturated heterocycles. The Kier molecular flexibility index (Phi) is 13.0. The first-order valence-corrected chi connectivity index (χ1v) is 26.5. The van der Waals surface area contributed by atoms with E-state index in [0.29, 0.717) is 0 Å². The molecule has 11 aromatic rings. The third-order valence-electron chi connectivity index (χ3n) is 15.3. The van der Waals surface area contributed by atoms with Gasteiger partial charge in [-0.2, -0.15) is 0 Å². The highest BCUT2D eigenvalue weighted by molar-refractivity contribution is 5.83. The molecule has 0 heterocycles. The van der Waals surface area contributed by atoms with Crippen LogP contribution in [-0.4, -0.2) is 0 Å². The van der Waals surface area contributed by atoms with Gasteiger partial charge in [-0.15, -0.1) is 0 Å². The van der Waals surface area contributed by atoms with Gasteiger partial charge in [-0.05, 0) is 148 Å². The second-order valence-corrected chi connectivity index (χ2v) is 21.1. The molecule has 11 aromatic carbocycles. The van der Waals surface area contributed by atoms with Crippen molar-refractivity contribution >= 4 is 0 Å². The van der Waals surface area contributed by atoms with Gasteiger partial charge in [0.1, 0.15) is 11.5 Å². The molecule has 0 amide bonds. The van der Waals surface area contributed by atoms with Crippen molar-refractivity contribution in [2.75, 3.05) is 0 Å². The summed E-state index contributed by atoms with van der Waals surface area (Å²) in [5.41, 5.74) is 23.9. The molecular formula is C74H60O. The van der Waals surface area contributed by atoms with Crippen molar-refractivity contribution in [3.63, 3.8) is 0 Å². The maximum atomic E-state index is 7.09. The van der Waals surface area contributed by atoms with Crippen LogP contribution in [0.4, 0.5) is 0 Å². The van der Waals surface area contributed by atoms with Crippen molar-refractivity contribution in [1.29, 1.82) is 0 Å². The third kappa shape index (κ3) is 9.67. The molecule has 12 rings (SSSR count). The quantitative estimate of drug-likeness (QED) is 0.133. The predicted octanol–water partition coefficient (Wildman–Crippen LogP) is 19.3. The van der Waals surface area contributed by atoms with E-state index in [1.165, 1.54) is 106 Å². The van der Waals surface area contributed by atoms with E-state index in [1.54, 1.807) is 0 Å². The molecule has 0 N–H and O–H groups in total. The molecule has 2 atom stereocenters. The van der Waals surface area contributed by atoms with Crippen molar-refractivity contribution in [2.24, 2.45) is 0 Å². The minimum Gasteiger partial charge on any atom is -0.457 e. The largest absolute Gasteiger partial charge is 0.457 e. The van der Waals surface area contributed by atoms with Crippen LogP contribution < -0.4 is 4.74 Å². The Morgan fingerprint density at radius 2 is 0.760 bits per heavy atom.